The van der Waals surface area contributed by atoms with Gasteiger partial charge in [0.2, 0.25) is 0 Å². The van der Waals surface area contributed by atoms with E-state index in [1.165, 1.54) is 11.4 Å². The zero-order valence-corrected chi connectivity index (χ0v) is 23.8. The van der Waals surface area contributed by atoms with E-state index < -0.39 is 0 Å². The van der Waals surface area contributed by atoms with Gasteiger partial charge in [0.1, 0.15) is 0 Å². The number of hydrogen-bond donors (Lipinski definition) is 0. The summed E-state index contributed by atoms with van der Waals surface area (Å²) in [6.07, 6.45) is 1.83. The smallest absolute Gasteiger partial charge is 0.0858 e. The quantitative estimate of drug-likeness (QED) is 0.135. The van der Waals surface area contributed by atoms with E-state index in [-0.39, 0.29) is 0 Å². The third-order valence-corrected chi connectivity index (χ3v) is 6.62. The summed E-state index contributed by atoms with van der Waals surface area (Å²) in [7, 11) is 0. The molecule has 0 aliphatic carbocycles. The fourth-order valence-electron chi connectivity index (χ4n) is 4.25. The number of azo groups is 2. The fraction of sp³-hybridized carbons (Fsp3) is 0.242. The van der Waals surface area contributed by atoms with Crippen LogP contribution in [0.1, 0.15) is 33.3 Å². The monoisotopic (exact) mass is 531 g/mol. The molecule has 0 heterocycles. The van der Waals surface area contributed by atoms with Gasteiger partial charge in [0.15, 0.2) is 0 Å². The van der Waals surface area contributed by atoms with Crippen molar-refractivity contribution in [2.24, 2.45) is 25.4 Å². The summed E-state index contributed by atoms with van der Waals surface area (Å²) in [5.74, 6) is 0. The van der Waals surface area contributed by atoms with E-state index in [2.05, 4.69) is 87.2 Å². The van der Waals surface area contributed by atoms with Gasteiger partial charge in [0.05, 0.1) is 28.4 Å². The molecule has 204 valence electrons. The highest BCUT2D eigenvalue weighted by Gasteiger charge is 2.02. The minimum absolute atomic E-state index is 0.782. The van der Waals surface area contributed by atoms with Crippen molar-refractivity contribution in [2.75, 3.05) is 36.0 Å². The van der Waals surface area contributed by atoms with Crippen LogP contribution in [0.15, 0.2) is 123 Å². The van der Waals surface area contributed by atoms with E-state index in [1.54, 1.807) is 0 Å². The number of anilines is 2. The van der Waals surface area contributed by atoms with E-state index in [0.717, 1.165) is 60.2 Å². The molecule has 0 bridgehead atoms. The third kappa shape index (κ3) is 7.93. The van der Waals surface area contributed by atoms with Crippen LogP contribution in [0.2, 0.25) is 0 Å². The summed E-state index contributed by atoms with van der Waals surface area (Å²) in [4.78, 5) is 9.18. The van der Waals surface area contributed by atoms with Crippen molar-refractivity contribution in [2.45, 2.75) is 27.7 Å². The second kappa shape index (κ2) is 14.5. The molecule has 0 radical (unpaired) electrons. The first kappa shape index (κ1) is 28.4. The molecule has 4 aromatic rings. The molecule has 0 N–H and O–H groups in total. The van der Waals surface area contributed by atoms with Gasteiger partial charge in [-0.1, -0.05) is 12.1 Å². The lowest BCUT2D eigenvalue weighted by Gasteiger charge is -2.20. The van der Waals surface area contributed by atoms with Crippen LogP contribution in [0, 0.1) is 0 Å². The minimum Gasteiger partial charge on any atom is -0.372 e. The van der Waals surface area contributed by atoms with Crippen molar-refractivity contribution in [1.82, 2.24) is 0 Å². The van der Waals surface area contributed by atoms with Gasteiger partial charge in [-0.3, -0.25) is 4.99 Å². The Bertz CT molecular complexity index is 1290. The molecular formula is C33H37N7. The highest BCUT2D eigenvalue weighted by molar-refractivity contribution is 5.82. The summed E-state index contributed by atoms with van der Waals surface area (Å²) in [5, 5.41) is 17.5. The Kier molecular flexibility index (Phi) is 10.3. The van der Waals surface area contributed by atoms with Crippen molar-refractivity contribution < 1.29 is 0 Å². The molecular weight excluding hydrogens is 494 g/mol. The SMILES string of the molecule is CCN(CC)c1ccc(N=Nc2ccc(C=Nc3ccc(N=Nc4ccc(N(CC)CC)cc4)cc3)cc2)cc1. The lowest BCUT2D eigenvalue weighted by Crippen LogP contribution is -2.21. The predicted octanol–water partition coefficient (Wildman–Crippen LogP) is 9.96. The molecule has 0 spiro atoms. The van der Waals surface area contributed by atoms with E-state index in [1.807, 2.05) is 79.0 Å². The second-order valence-corrected chi connectivity index (χ2v) is 9.14. The molecule has 4 rings (SSSR count). The van der Waals surface area contributed by atoms with Gasteiger partial charge in [-0.2, -0.15) is 20.5 Å². The number of aliphatic imine (C=N–C) groups is 1. The van der Waals surface area contributed by atoms with Crippen LogP contribution in [0.25, 0.3) is 0 Å². The Morgan fingerprint density at radius 1 is 0.425 bits per heavy atom. The Morgan fingerprint density at radius 3 is 1.07 bits per heavy atom. The van der Waals surface area contributed by atoms with Gasteiger partial charge < -0.3 is 9.80 Å². The fourth-order valence-corrected chi connectivity index (χ4v) is 4.25. The molecule has 7 heteroatoms. The lowest BCUT2D eigenvalue weighted by molar-refractivity contribution is 0.866. The number of benzene rings is 4. The van der Waals surface area contributed by atoms with Crippen LogP contribution >= 0.6 is 0 Å². The number of rotatable bonds is 12. The molecule has 0 atom stereocenters. The molecule has 0 unspecified atom stereocenters. The third-order valence-electron chi connectivity index (χ3n) is 6.62. The molecule has 0 saturated carbocycles. The molecule has 0 saturated heterocycles. The van der Waals surface area contributed by atoms with Gasteiger partial charge in [0, 0.05) is 43.8 Å². The molecule has 0 aliphatic rings. The summed E-state index contributed by atoms with van der Waals surface area (Å²) >= 11 is 0. The van der Waals surface area contributed by atoms with Crippen molar-refractivity contribution >= 4 is 46.0 Å². The molecule has 4 aromatic carbocycles. The topological polar surface area (TPSA) is 68.3 Å². The largest absolute Gasteiger partial charge is 0.372 e. The zero-order chi connectivity index (χ0) is 28.2. The summed E-state index contributed by atoms with van der Waals surface area (Å²) < 4.78 is 0. The van der Waals surface area contributed by atoms with E-state index >= 15 is 0 Å². The van der Waals surface area contributed by atoms with Crippen LogP contribution in [0.3, 0.4) is 0 Å². The highest BCUT2D eigenvalue weighted by atomic mass is 15.1. The summed E-state index contributed by atoms with van der Waals surface area (Å²) in [6, 6.07) is 31.9. The summed E-state index contributed by atoms with van der Waals surface area (Å²) in [5.41, 5.74) is 7.46. The normalized spacial score (nSPS) is 11.6. The standard InChI is InChI=1S/C33H37N7/c1-5-39(6-2)32-21-17-30(18-22-32)37-35-28-11-9-26(10-12-28)25-34-27-13-15-29(16-14-27)36-38-31-19-23-33(24-20-31)40(7-3)8-4/h9-25H,5-8H2,1-4H3. The Balaban J connectivity index is 1.31. The van der Waals surface area contributed by atoms with Gasteiger partial charge >= 0.3 is 0 Å². The van der Waals surface area contributed by atoms with Crippen LogP contribution in [0.4, 0.5) is 39.8 Å². The summed E-state index contributed by atoms with van der Waals surface area (Å²) in [6.45, 7) is 12.6. The first-order chi connectivity index (χ1) is 19.6. The van der Waals surface area contributed by atoms with Gasteiger partial charge in [0.25, 0.3) is 0 Å². The highest BCUT2D eigenvalue weighted by Crippen LogP contribution is 2.25. The van der Waals surface area contributed by atoms with Crippen molar-refractivity contribution in [1.29, 1.82) is 0 Å². The van der Waals surface area contributed by atoms with Gasteiger partial charge in [-0.25, -0.2) is 0 Å². The molecule has 0 aromatic heterocycles. The first-order valence-corrected chi connectivity index (χ1v) is 13.9. The van der Waals surface area contributed by atoms with E-state index in [0.29, 0.717) is 0 Å². The Labute approximate surface area is 237 Å². The molecule has 7 nitrogen and oxygen atoms in total. The molecule has 0 amide bonds. The van der Waals surface area contributed by atoms with Gasteiger partial charge in [-0.05, 0) is 118 Å². The Hall–Kier alpha value is -4.65. The van der Waals surface area contributed by atoms with Crippen molar-refractivity contribution in [3.63, 3.8) is 0 Å². The molecule has 40 heavy (non-hydrogen) atoms. The van der Waals surface area contributed by atoms with Crippen molar-refractivity contribution in [3.8, 4) is 0 Å². The molecule has 0 fully saturated rings. The van der Waals surface area contributed by atoms with Gasteiger partial charge in [-0.15, -0.1) is 0 Å². The average molecular weight is 532 g/mol. The minimum atomic E-state index is 0.782. The van der Waals surface area contributed by atoms with Crippen LogP contribution < -0.4 is 9.80 Å². The average Bonchev–Trinajstić information content (AvgIpc) is 3.01. The Morgan fingerprint density at radius 2 is 0.725 bits per heavy atom. The maximum Gasteiger partial charge on any atom is 0.0858 e. The van der Waals surface area contributed by atoms with E-state index in [4.69, 9.17) is 0 Å². The maximum atomic E-state index is 4.58. The number of nitrogens with zero attached hydrogens (tertiary/aromatic N) is 7. The predicted molar refractivity (Wildman–Crippen MR) is 168 cm³/mol. The van der Waals surface area contributed by atoms with Crippen molar-refractivity contribution in [3.05, 3.63) is 103 Å². The zero-order valence-electron chi connectivity index (χ0n) is 23.8. The number of hydrogen-bond acceptors (Lipinski definition) is 7. The van der Waals surface area contributed by atoms with E-state index in [9.17, 15) is 0 Å². The van der Waals surface area contributed by atoms with Crippen LogP contribution in [-0.4, -0.2) is 32.4 Å². The first-order valence-electron chi connectivity index (χ1n) is 13.9. The molecule has 0 aliphatic heterocycles. The lowest BCUT2D eigenvalue weighted by atomic mass is 10.2. The van der Waals surface area contributed by atoms with Crippen LogP contribution in [0.5, 0.6) is 0 Å². The maximum absolute atomic E-state index is 4.58. The second-order valence-electron chi connectivity index (χ2n) is 9.14. The van der Waals surface area contributed by atoms with Crippen LogP contribution in [-0.2, 0) is 0 Å².